The van der Waals surface area contributed by atoms with Crippen molar-refractivity contribution in [3.8, 4) is 0 Å². The van der Waals surface area contributed by atoms with E-state index in [1.165, 1.54) is 0 Å². The van der Waals surface area contributed by atoms with E-state index in [0.717, 1.165) is 28.2 Å². The third-order valence-corrected chi connectivity index (χ3v) is 7.16. The van der Waals surface area contributed by atoms with Crippen molar-refractivity contribution in [2.45, 2.75) is 50.2 Å². The minimum Gasteiger partial charge on any atom is -0.392 e. The van der Waals surface area contributed by atoms with Crippen molar-refractivity contribution in [3.63, 3.8) is 0 Å². The van der Waals surface area contributed by atoms with Crippen LogP contribution in [-0.4, -0.2) is 59.4 Å². The van der Waals surface area contributed by atoms with Gasteiger partial charge < -0.3 is 36.4 Å². The van der Waals surface area contributed by atoms with Crippen LogP contribution in [0.4, 0.5) is 17.1 Å². The van der Waals surface area contributed by atoms with E-state index in [0.29, 0.717) is 39.0 Å². The highest BCUT2D eigenvalue weighted by Gasteiger charge is 2.29. The molecule has 0 saturated carbocycles. The molecule has 9 heteroatoms. The van der Waals surface area contributed by atoms with Gasteiger partial charge in [-0.1, -0.05) is 42.5 Å². The number of hydrogen-bond acceptors (Lipinski definition) is 7. The van der Waals surface area contributed by atoms with Gasteiger partial charge in [0.2, 0.25) is 11.8 Å². The molecule has 2 aliphatic heterocycles. The predicted octanol–water partition coefficient (Wildman–Crippen LogP) is 2.22. The number of carbonyl (C=O) groups excluding carboxylic acids is 2. The molecule has 3 aromatic rings. The van der Waals surface area contributed by atoms with Gasteiger partial charge in [0.1, 0.15) is 0 Å². The lowest BCUT2D eigenvalue weighted by Gasteiger charge is -2.25. The van der Waals surface area contributed by atoms with Crippen molar-refractivity contribution >= 4 is 28.9 Å². The number of nitrogens with zero attached hydrogens (tertiary/aromatic N) is 1. The van der Waals surface area contributed by atoms with Gasteiger partial charge >= 0.3 is 0 Å². The first-order valence-electron chi connectivity index (χ1n) is 13.4. The minimum atomic E-state index is -0.480. The van der Waals surface area contributed by atoms with Crippen molar-refractivity contribution in [1.82, 2.24) is 10.6 Å². The van der Waals surface area contributed by atoms with Gasteiger partial charge in [0.05, 0.1) is 24.3 Å². The van der Waals surface area contributed by atoms with Gasteiger partial charge in [0.25, 0.3) is 0 Å². The summed E-state index contributed by atoms with van der Waals surface area (Å²) in [5.41, 5.74) is 4.73. The molecule has 0 spiro atoms. The zero-order valence-electron chi connectivity index (χ0n) is 21.7. The number of para-hydroxylation sites is 1. The van der Waals surface area contributed by atoms with Gasteiger partial charge in [-0.05, 0) is 60.4 Å². The summed E-state index contributed by atoms with van der Waals surface area (Å²) in [6.45, 7) is 2.21. The molecule has 9 nitrogen and oxygen atoms in total. The highest BCUT2D eigenvalue weighted by atomic mass is 16.3. The third-order valence-electron chi connectivity index (χ3n) is 7.16. The topological polar surface area (TPSA) is 126 Å². The quantitative estimate of drug-likeness (QED) is 0.251. The fourth-order valence-electron chi connectivity index (χ4n) is 5.00. The van der Waals surface area contributed by atoms with E-state index in [9.17, 15) is 19.8 Å². The number of carbonyl (C=O) groups is 2. The van der Waals surface area contributed by atoms with Crippen molar-refractivity contribution in [3.05, 3.63) is 90.0 Å². The molecule has 5 rings (SSSR count). The molecular formula is C30H35N5O4. The van der Waals surface area contributed by atoms with Crippen LogP contribution in [0, 0.1) is 0 Å². The van der Waals surface area contributed by atoms with Crippen LogP contribution in [0.25, 0.3) is 0 Å². The van der Waals surface area contributed by atoms with E-state index in [-0.39, 0.29) is 23.9 Å². The zero-order chi connectivity index (χ0) is 27.2. The summed E-state index contributed by atoms with van der Waals surface area (Å²) in [6, 6.07) is 25.1. The maximum Gasteiger partial charge on any atom is 0.241 e. The molecule has 3 aromatic carbocycles. The smallest absolute Gasteiger partial charge is 0.241 e. The SMILES string of the molecule is O=C(Nc1ccc(CN(Cc2ccc(NC(=O)[C@@H]3C[C@@H](O)CN3)cc2)c2ccccc2)cc1)[C@@H]1C[C@@H](O)CN1. The van der Waals surface area contributed by atoms with Crippen LogP contribution in [0.1, 0.15) is 24.0 Å². The van der Waals surface area contributed by atoms with Gasteiger partial charge in [-0.15, -0.1) is 0 Å². The Kier molecular flexibility index (Phi) is 8.53. The fraction of sp³-hybridized carbons (Fsp3) is 0.333. The lowest BCUT2D eigenvalue weighted by molar-refractivity contribution is -0.118. The van der Waals surface area contributed by atoms with Crippen LogP contribution < -0.4 is 26.2 Å². The highest BCUT2D eigenvalue weighted by Crippen LogP contribution is 2.22. The Morgan fingerprint density at radius 2 is 1.13 bits per heavy atom. The fourth-order valence-corrected chi connectivity index (χ4v) is 5.00. The first-order chi connectivity index (χ1) is 18.9. The number of nitrogens with one attached hydrogen (secondary N) is 4. The Bertz CT molecular complexity index is 1170. The van der Waals surface area contributed by atoms with E-state index < -0.39 is 12.2 Å². The lowest BCUT2D eigenvalue weighted by Crippen LogP contribution is -2.35. The summed E-state index contributed by atoms with van der Waals surface area (Å²) < 4.78 is 0. The largest absolute Gasteiger partial charge is 0.392 e. The normalized spacial score (nSPS) is 22.4. The molecule has 0 bridgehead atoms. The lowest BCUT2D eigenvalue weighted by atomic mass is 10.1. The van der Waals surface area contributed by atoms with Crippen LogP contribution in [-0.2, 0) is 22.7 Å². The van der Waals surface area contributed by atoms with E-state index in [1.54, 1.807) is 0 Å². The number of benzene rings is 3. The summed E-state index contributed by atoms with van der Waals surface area (Å²) in [7, 11) is 0. The average molecular weight is 530 g/mol. The van der Waals surface area contributed by atoms with Crippen LogP contribution in [0.15, 0.2) is 78.9 Å². The van der Waals surface area contributed by atoms with Gasteiger partial charge in [-0.25, -0.2) is 0 Å². The number of rotatable bonds is 9. The zero-order valence-corrected chi connectivity index (χ0v) is 21.7. The van der Waals surface area contributed by atoms with Crippen molar-refractivity contribution in [2.75, 3.05) is 28.6 Å². The monoisotopic (exact) mass is 529 g/mol. The molecule has 2 saturated heterocycles. The van der Waals surface area contributed by atoms with Crippen LogP contribution in [0.2, 0.25) is 0 Å². The Morgan fingerprint density at radius 1 is 0.692 bits per heavy atom. The van der Waals surface area contributed by atoms with Gasteiger partial charge in [0, 0.05) is 43.2 Å². The molecule has 2 heterocycles. The van der Waals surface area contributed by atoms with E-state index in [2.05, 4.69) is 38.3 Å². The summed E-state index contributed by atoms with van der Waals surface area (Å²) in [6.07, 6.45) is -0.117. The minimum absolute atomic E-state index is 0.137. The Hall–Kier alpha value is -3.76. The van der Waals surface area contributed by atoms with Crippen molar-refractivity contribution in [1.29, 1.82) is 0 Å². The van der Waals surface area contributed by atoms with Crippen LogP contribution in [0.5, 0.6) is 0 Å². The second-order valence-electron chi connectivity index (χ2n) is 10.3. The van der Waals surface area contributed by atoms with E-state index in [1.807, 2.05) is 66.7 Å². The molecule has 0 aromatic heterocycles. The molecule has 39 heavy (non-hydrogen) atoms. The first-order valence-corrected chi connectivity index (χ1v) is 13.4. The summed E-state index contributed by atoms with van der Waals surface area (Å²) in [4.78, 5) is 27.2. The molecule has 2 aliphatic rings. The number of aliphatic hydroxyl groups excluding tert-OH is 2. The van der Waals surface area contributed by atoms with Crippen LogP contribution >= 0.6 is 0 Å². The molecule has 4 atom stereocenters. The Morgan fingerprint density at radius 3 is 1.51 bits per heavy atom. The van der Waals surface area contributed by atoms with Crippen molar-refractivity contribution in [2.24, 2.45) is 0 Å². The predicted molar refractivity (Wildman–Crippen MR) is 151 cm³/mol. The van der Waals surface area contributed by atoms with E-state index in [4.69, 9.17) is 0 Å². The molecular weight excluding hydrogens is 494 g/mol. The van der Waals surface area contributed by atoms with Crippen LogP contribution in [0.3, 0.4) is 0 Å². The molecule has 204 valence electrons. The van der Waals surface area contributed by atoms with E-state index >= 15 is 0 Å². The highest BCUT2D eigenvalue weighted by molar-refractivity contribution is 5.95. The molecule has 0 aliphatic carbocycles. The number of anilines is 3. The number of β-amino-alcohol motifs (C(OH)–C–C–N with tert-alkyl or cyclic N) is 2. The molecule has 0 radical (unpaired) electrons. The molecule has 0 unspecified atom stereocenters. The van der Waals surface area contributed by atoms with Gasteiger partial charge in [-0.2, -0.15) is 0 Å². The standard InChI is InChI=1S/C30H35N5O4/c36-25-14-27(31-16-25)29(38)33-22-10-6-20(7-11-22)18-35(24-4-2-1-3-5-24)19-21-8-12-23(13-9-21)34-30(39)28-15-26(37)17-32-28/h1-13,25-28,31-32,36-37H,14-19H2,(H,33,38)(H,34,39)/t25-,26-,27+,28+/m1/s1. The summed E-state index contributed by atoms with van der Waals surface area (Å²) in [5.74, 6) is -0.274. The first kappa shape index (κ1) is 26.8. The molecule has 6 N–H and O–H groups in total. The number of aliphatic hydroxyl groups is 2. The molecule has 2 fully saturated rings. The maximum absolute atomic E-state index is 12.4. The second-order valence-corrected chi connectivity index (χ2v) is 10.3. The summed E-state index contributed by atoms with van der Waals surface area (Å²) >= 11 is 0. The average Bonchev–Trinajstić information content (AvgIpc) is 3.59. The number of amides is 2. The molecule has 2 amide bonds. The van der Waals surface area contributed by atoms with Gasteiger partial charge in [-0.3, -0.25) is 9.59 Å². The maximum atomic E-state index is 12.4. The van der Waals surface area contributed by atoms with Crippen molar-refractivity contribution < 1.29 is 19.8 Å². The van der Waals surface area contributed by atoms with Gasteiger partial charge in [0.15, 0.2) is 0 Å². The second kappa shape index (κ2) is 12.4. The summed E-state index contributed by atoms with van der Waals surface area (Å²) in [5, 5.41) is 31.2. The third kappa shape index (κ3) is 7.21. The Balaban J connectivity index is 1.21. The Labute approximate surface area is 228 Å². The number of hydrogen-bond donors (Lipinski definition) is 6.